The minimum absolute atomic E-state index is 0.139. The Morgan fingerprint density at radius 1 is 1.30 bits per heavy atom. The van der Waals surface area contributed by atoms with Gasteiger partial charge >= 0.3 is 0 Å². The molecule has 23 heavy (non-hydrogen) atoms. The van der Waals surface area contributed by atoms with Crippen LogP contribution in [0.25, 0.3) is 0 Å². The Bertz CT molecular complexity index is 799. The van der Waals surface area contributed by atoms with Gasteiger partial charge in [-0.1, -0.05) is 32.0 Å². The van der Waals surface area contributed by atoms with Gasteiger partial charge in [-0.3, -0.25) is 14.8 Å². The number of nitro benzene ring substituents is 1. The predicted octanol–water partition coefficient (Wildman–Crippen LogP) is 2.39. The first-order valence-corrected chi connectivity index (χ1v) is 8.68. The molecular formula is C14H18N4O4S. The molecular weight excluding hydrogens is 320 g/mol. The highest BCUT2D eigenvalue weighted by atomic mass is 32.2. The van der Waals surface area contributed by atoms with Crippen LogP contribution in [0.5, 0.6) is 0 Å². The second-order valence-corrected chi connectivity index (χ2v) is 7.26. The van der Waals surface area contributed by atoms with Crippen molar-refractivity contribution in [3.8, 4) is 0 Å². The minimum Gasteiger partial charge on any atom is -0.267 e. The molecule has 0 amide bonds. The molecule has 0 atom stereocenters. The molecule has 8 nitrogen and oxygen atoms in total. The molecule has 0 saturated carbocycles. The van der Waals surface area contributed by atoms with E-state index in [1.807, 2.05) is 13.8 Å². The Labute approximate surface area is 134 Å². The van der Waals surface area contributed by atoms with Crippen LogP contribution in [0.1, 0.15) is 19.4 Å². The van der Waals surface area contributed by atoms with Crippen molar-refractivity contribution in [3.63, 3.8) is 0 Å². The van der Waals surface area contributed by atoms with Crippen molar-refractivity contribution >= 4 is 21.5 Å². The van der Waals surface area contributed by atoms with E-state index in [9.17, 15) is 18.5 Å². The molecule has 0 unspecified atom stereocenters. The van der Waals surface area contributed by atoms with Crippen molar-refractivity contribution in [2.24, 2.45) is 5.92 Å². The smallest absolute Gasteiger partial charge is 0.267 e. The molecule has 1 heterocycles. The molecule has 0 bridgehead atoms. The highest BCUT2D eigenvalue weighted by molar-refractivity contribution is 7.91. The highest BCUT2D eigenvalue weighted by Crippen LogP contribution is 2.21. The van der Waals surface area contributed by atoms with Crippen LogP contribution >= 0.6 is 0 Å². The maximum Gasteiger partial charge on any atom is 0.273 e. The molecule has 0 spiro atoms. The van der Waals surface area contributed by atoms with Crippen molar-refractivity contribution in [2.75, 3.05) is 4.72 Å². The van der Waals surface area contributed by atoms with Gasteiger partial charge in [-0.25, -0.2) is 13.1 Å². The number of nitro groups is 1. The molecule has 1 N–H and O–H groups in total. The Kier molecular flexibility index (Phi) is 4.99. The summed E-state index contributed by atoms with van der Waals surface area (Å²) in [4.78, 5) is 10.4. The zero-order valence-electron chi connectivity index (χ0n) is 12.8. The Morgan fingerprint density at radius 2 is 2.00 bits per heavy atom. The summed E-state index contributed by atoms with van der Waals surface area (Å²) in [5, 5.41) is 15.1. The lowest BCUT2D eigenvalue weighted by Gasteiger charge is -2.12. The molecule has 0 fully saturated rings. The molecule has 1 aromatic carbocycles. The lowest BCUT2D eigenvalue weighted by Crippen LogP contribution is -2.19. The summed E-state index contributed by atoms with van der Waals surface area (Å²) in [5.74, 6) is 0.169. The van der Waals surface area contributed by atoms with E-state index in [2.05, 4.69) is 9.82 Å². The number of nitrogens with zero attached hydrogens (tertiary/aromatic N) is 3. The van der Waals surface area contributed by atoms with Crippen molar-refractivity contribution in [1.29, 1.82) is 0 Å². The van der Waals surface area contributed by atoms with Gasteiger partial charge in [0.05, 0.1) is 11.1 Å². The number of rotatable bonds is 7. The number of para-hydroxylation sites is 1. The van der Waals surface area contributed by atoms with E-state index in [-0.39, 0.29) is 11.3 Å². The number of nitrogens with one attached hydrogen (secondary N) is 1. The lowest BCUT2D eigenvalue weighted by molar-refractivity contribution is -0.385. The van der Waals surface area contributed by atoms with Crippen LogP contribution in [0.2, 0.25) is 0 Å². The summed E-state index contributed by atoms with van der Waals surface area (Å²) < 4.78 is 28.6. The normalized spacial score (nSPS) is 11.6. The van der Waals surface area contributed by atoms with E-state index in [1.165, 1.54) is 24.4 Å². The van der Waals surface area contributed by atoms with Crippen LogP contribution in [-0.4, -0.2) is 23.1 Å². The number of benzene rings is 1. The first kappa shape index (κ1) is 16.9. The van der Waals surface area contributed by atoms with E-state index in [0.717, 1.165) is 0 Å². The fourth-order valence-corrected chi connectivity index (χ4v) is 3.34. The molecule has 9 heteroatoms. The summed E-state index contributed by atoms with van der Waals surface area (Å²) >= 11 is 0. The summed E-state index contributed by atoms with van der Waals surface area (Å²) in [5.41, 5.74) is -0.0755. The monoisotopic (exact) mass is 338 g/mol. The van der Waals surface area contributed by atoms with Crippen molar-refractivity contribution in [3.05, 3.63) is 52.2 Å². The van der Waals surface area contributed by atoms with Crippen molar-refractivity contribution in [2.45, 2.75) is 26.1 Å². The third kappa shape index (κ3) is 4.52. The van der Waals surface area contributed by atoms with E-state index < -0.39 is 20.7 Å². The largest absolute Gasteiger partial charge is 0.273 e. The number of aromatic nitrogens is 2. The number of hydrogen-bond donors (Lipinski definition) is 1. The molecule has 0 radical (unpaired) electrons. The summed E-state index contributed by atoms with van der Waals surface area (Å²) in [7, 11) is -3.79. The van der Waals surface area contributed by atoms with Gasteiger partial charge in [-0.2, -0.15) is 5.10 Å². The predicted molar refractivity (Wildman–Crippen MR) is 86.4 cm³/mol. The third-order valence-corrected chi connectivity index (χ3v) is 4.26. The Balaban J connectivity index is 2.21. The van der Waals surface area contributed by atoms with Gasteiger partial charge in [-0.15, -0.1) is 0 Å². The lowest BCUT2D eigenvalue weighted by atomic mass is 10.2. The fraction of sp³-hybridized carbons (Fsp3) is 0.357. The van der Waals surface area contributed by atoms with Gasteiger partial charge in [0.2, 0.25) is 10.0 Å². The highest BCUT2D eigenvalue weighted by Gasteiger charge is 2.21. The van der Waals surface area contributed by atoms with Crippen LogP contribution in [0.3, 0.4) is 0 Å². The number of hydrogen-bond acceptors (Lipinski definition) is 5. The van der Waals surface area contributed by atoms with Crippen LogP contribution in [0, 0.1) is 16.0 Å². The topological polar surface area (TPSA) is 107 Å². The average Bonchev–Trinajstić information content (AvgIpc) is 2.84. The standard InChI is InChI=1S/C14H18N4O4S/c1-11(2)9-17-14(7-8-15-17)16-23(21,22)10-12-5-3-4-6-13(12)18(19)20/h3-8,11,16H,9-10H2,1-2H3. The third-order valence-electron chi connectivity index (χ3n) is 3.05. The van der Waals surface area contributed by atoms with Crippen LogP contribution < -0.4 is 4.72 Å². The van der Waals surface area contributed by atoms with Gasteiger partial charge < -0.3 is 0 Å². The maximum atomic E-state index is 12.3. The molecule has 0 aliphatic carbocycles. The fourth-order valence-electron chi connectivity index (χ4n) is 2.12. The Hall–Kier alpha value is -2.42. The first-order chi connectivity index (χ1) is 10.8. The van der Waals surface area contributed by atoms with Crippen LogP contribution in [0.15, 0.2) is 36.5 Å². The quantitative estimate of drug-likeness (QED) is 0.616. The second-order valence-electron chi connectivity index (χ2n) is 5.54. The summed E-state index contributed by atoms with van der Waals surface area (Å²) in [6, 6.07) is 7.34. The van der Waals surface area contributed by atoms with Crippen molar-refractivity contribution < 1.29 is 13.3 Å². The van der Waals surface area contributed by atoms with Gasteiger partial charge in [0.25, 0.3) is 5.69 Å². The molecule has 124 valence electrons. The molecule has 0 aliphatic rings. The zero-order valence-corrected chi connectivity index (χ0v) is 13.7. The zero-order chi connectivity index (χ0) is 17.0. The second kappa shape index (κ2) is 6.78. The maximum absolute atomic E-state index is 12.3. The number of anilines is 1. The summed E-state index contributed by atoms with van der Waals surface area (Å²) in [6.07, 6.45) is 1.51. The molecule has 1 aromatic heterocycles. The molecule has 0 aliphatic heterocycles. The molecule has 2 aromatic rings. The average molecular weight is 338 g/mol. The minimum atomic E-state index is -3.79. The van der Waals surface area contributed by atoms with Gasteiger partial charge in [-0.05, 0) is 5.92 Å². The Morgan fingerprint density at radius 3 is 2.65 bits per heavy atom. The van der Waals surface area contributed by atoms with E-state index in [0.29, 0.717) is 18.3 Å². The van der Waals surface area contributed by atoms with Gasteiger partial charge in [0.1, 0.15) is 11.6 Å². The van der Waals surface area contributed by atoms with Gasteiger partial charge in [0.15, 0.2) is 0 Å². The molecule has 2 rings (SSSR count). The SMILES string of the molecule is CC(C)Cn1nccc1NS(=O)(=O)Cc1ccccc1[N+](=O)[O-]. The van der Waals surface area contributed by atoms with Gasteiger partial charge in [0, 0.05) is 24.2 Å². The first-order valence-electron chi connectivity index (χ1n) is 7.03. The number of sulfonamides is 1. The van der Waals surface area contributed by atoms with E-state index in [1.54, 1.807) is 16.8 Å². The van der Waals surface area contributed by atoms with E-state index in [4.69, 9.17) is 0 Å². The van der Waals surface area contributed by atoms with Crippen molar-refractivity contribution in [1.82, 2.24) is 9.78 Å². The molecule has 0 saturated heterocycles. The van der Waals surface area contributed by atoms with E-state index >= 15 is 0 Å². The summed E-state index contributed by atoms with van der Waals surface area (Å²) in [6.45, 7) is 4.55. The van der Waals surface area contributed by atoms with Crippen LogP contribution in [0.4, 0.5) is 11.5 Å². The van der Waals surface area contributed by atoms with Crippen LogP contribution in [-0.2, 0) is 22.3 Å².